The molecule has 0 spiro atoms. The van der Waals surface area contributed by atoms with Gasteiger partial charge in [0, 0.05) is 33.8 Å². The van der Waals surface area contributed by atoms with Crippen LogP contribution in [0.15, 0.2) is 71.4 Å². The van der Waals surface area contributed by atoms with E-state index in [2.05, 4.69) is 49.5 Å². The lowest BCUT2D eigenvalue weighted by Gasteiger charge is -2.15. The smallest absolute Gasteiger partial charge is 0.248 e. The van der Waals surface area contributed by atoms with Crippen molar-refractivity contribution in [2.75, 3.05) is 11.9 Å². The molecule has 1 aromatic heterocycles. The minimum Gasteiger partial charge on any atom is -0.493 e. The number of ether oxygens (including phenoxy) is 1. The van der Waals surface area contributed by atoms with Gasteiger partial charge in [-0.2, -0.15) is 0 Å². The molecule has 0 bridgehead atoms. The third-order valence-electron chi connectivity index (χ3n) is 6.10. The SMILES string of the molecule is CCOc1c(/C(C)=C/C(=O)Nc2ccc(CC)cc2)cc2c(-c3ccc(C)cc3)coc2c1C. The zero-order chi connectivity index (χ0) is 24.2. The Balaban J connectivity index is 1.74. The maximum absolute atomic E-state index is 12.8. The van der Waals surface area contributed by atoms with Gasteiger partial charge in [0.2, 0.25) is 5.91 Å². The molecule has 0 fully saturated rings. The minimum absolute atomic E-state index is 0.173. The zero-order valence-corrected chi connectivity index (χ0v) is 20.5. The molecule has 3 aromatic carbocycles. The summed E-state index contributed by atoms with van der Waals surface area (Å²) in [6, 6.07) is 18.4. The lowest BCUT2D eigenvalue weighted by molar-refractivity contribution is -0.111. The second-order valence-corrected chi connectivity index (χ2v) is 8.57. The summed E-state index contributed by atoms with van der Waals surface area (Å²) < 4.78 is 12.0. The molecule has 0 saturated carbocycles. The van der Waals surface area contributed by atoms with Crippen LogP contribution in [0.1, 0.15) is 43.0 Å². The number of hydrogen-bond donors (Lipinski definition) is 1. The third kappa shape index (κ3) is 4.76. The Hall–Kier alpha value is -3.79. The normalized spacial score (nSPS) is 11.6. The average Bonchev–Trinajstić information content (AvgIpc) is 3.26. The highest BCUT2D eigenvalue weighted by atomic mass is 16.5. The molecule has 0 radical (unpaired) electrons. The van der Waals surface area contributed by atoms with Gasteiger partial charge in [-0.25, -0.2) is 0 Å². The largest absolute Gasteiger partial charge is 0.493 e. The summed E-state index contributed by atoms with van der Waals surface area (Å²) in [5.41, 5.74) is 8.78. The van der Waals surface area contributed by atoms with E-state index in [1.165, 1.54) is 11.1 Å². The Morgan fingerprint density at radius 1 is 1.03 bits per heavy atom. The first-order valence-electron chi connectivity index (χ1n) is 11.7. The van der Waals surface area contributed by atoms with E-state index in [1.54, 1.807) is 12.3 Å². The lowest BCUT2D eigenvalue weighted by Crippen LogP contribution is -2.09. The van der Waals surface area contributed by atoms with Crippen molar-refractivity contribution >= 4 is 28.1 Å². The highest BCUT2D eigenvalue weighted by Crippen LogP contribution is 2.40. The van der Waals surface area contributed by atoms with E-state index in [1.807, 2.05) is 45.0 Å². The molecule has 4 aromatic rings. The van der Waals surface area contributed by atoms with Gasteiger partial charge in [0.05, 0.1) is 12.9 Å². The number of amides is 1. The number of aryl methyl sites for hydroxylation is 3. The van der Waals surface area contributed by atoms with Crippen LogP contribution in [0.2, 0.25) is 0 Å². The molecule has 4 rings (SSSR count). The van der Waals surface area contributed by atoms with Gasteiger partial charge in [-0.15, -0.1) is 0 Å². The summed E-state index contributed by atoms with van der Waals surface area (Å²) >= 11 is 0. The number of hydrogen-bond acceptors (Lipinski definition) is 3. The number of anilines is 1. The van der Waals surface area contributed by atoms with Crippen LogP contribution in [-0.4, -0.2) is 12.5 Å². The zero-order valence-electron chi connectivity index (χ0n) is 20.5. The van der Waals surface area contributed by atoms with Gasteiger partial charge in [0.15, 0.2) is 0 Å². The molecule has 1 N–H and O–H groups in total. The number of allylic oxidation sites excluding steroid dienone is 1. The van der Waals surface area contributed by atoms with Gasteiger partial charge >= 0.3 is 0 Å². The number of carbonyl (C=O) groups is 1. The first-order chi connectivity index (χ1) is 16.4. The third-order valence-corrected chi connectivity index (χ3v) is 6.10. The predicted octanol–water partition coefficient (Wildman–Crippen LogP) is 7.72. The van der Waals surface area contributed by atoms with E-state index >= 15 is 0 Å². The highest BCUT2D eigenvalue weighted by Gasteiger charge is 2.19. The second-order valence-electron chi connectivity index (χ2n) is 8.57. The molecular formula is C30H31NO3. The van der Waals surface area contributed by atoms with Gasteiger partial charge in [-0.1, -0.05) is 48.9 Å². The molecule has 34 heavy (non-hydrogen) atoms. The van der Waals surface area contributed by atoms with E-state index in [0.29, 0.717) is 6.61 Å². The quantitative estimate of drug-likeness (QED) is 0.291. The van der Waals surface area contributed by atoms with Gasteiger partial charge in [-0.05, 0) is 69.0 Å². The van der Waals surface area contributed by atoms with Crippen molar-refractivity contribution in [2.24, 2.45) is 0 Å². The number of nitrogens with one attached hydrogen (secondary N) is 1. The standard InChI is InChI=1S/C30H31NO3/c1-6-22-10-14-24(15-11-22)31-28(32)16-20(4)25-17-26-27(23-12-8-19(3)9-13-23)18-34-30(26)21(5)29(25)33-7-2/h8-18H,6-7H2,1-5H3,(H,31,32)/b20-16+. The number of furan rings is 1. The van der Waals surface area contributed by atoms with Crippen LogP contribution in [0, 0.1) is 13.8 Å². The Morgan fingerprint density at radius 3 is 2.38 bits per heavy atom. The highest BCUT2D eigenvalue weighted by molar-refractivity contribution is 6.06. The summed E-state index contributed by atoms with van der Waals surface area (Å²) in [7, 11) is 0. The van der Waals surface area contributed by atoms with Crippen molar-refractivity contribution in [3.8, 4) is 16.9 Å². The number of carbonyl (C=O) groups excluding carboxylic acids is 1. The molecule has 0 aliphatic rings. The van der Waals surface area contributed by atoms with Gasteiger partial charge in [0.1, 0.15) is 11.3 Å². The average molecular weight is 454 g/mol. The van der Waals surface area contributed by atoms with Crippen molar-refractivity contribution in [2.45, 2.75) is 41.0 Å². The van der Waals surface area contributed by atoms with Crippen molar-refractivity contribution in [3.63, 3.8) is 0 Å². The second kappa shape index (κ2) is 10.0. The summed E-state index contributed by atoms with van der Waals surface area (Å²) in [6.07, 6.45) is 4.39. The fraction of sp³-hybridized carbons (Fsp3) is 0.233. The summed E-state index contributed by atoms with van der Waals surface area (Å²) in [5, 5.41) is 3.96. The van der Waals surface area contributed by atoms with Gasteiger partial charge in [-0.3, -0.25) is 4.79 Å². The molecule has 1 amide bonds. The van der Waals surface area contributed by atoms with Crippen LogP contribution in [0.5, 0.6) is 5.75 Å². The molecule has 174 valence electrons. The summed E-state index contributed by atoms with van der Waals surface area (Å²) in [5.74, 6) is 0.571. The van der Waals surface area contributed by atoms with Crippen LogP contribution in [0.4, 0.5) is 5.69 Å². The Kier molecular flexibility index (Phi) is 6.87. The van der Waals surface area contributed by atoms with Gasteiger partial charge in [0.25, 0.3) is 0 Å². The molecule has 0 aliphatic carbocycles. The van der Waals surface area contributed by atoms with E-state index in [0.717, 1.165) is 56.7 Å². The topological polar surface area (TPSA) is 51.5 Å². The molecule has 0 aliphatic heterocycles. The Morgan fingerprint density at radius 2 is 1.74 bits per heavy atom. The van der Waals surface area contributed by atoms with Crippen LogP contribution in [0.25, 0.3) is 27.7 Å². The minimum atomic E-state index is -0.173. The molecule has 4 nitrogen and oxygen atoms in total. The fourth-order valence-electron chi connectivity index (χ4n) is 4.17. The van der Waals surface area contributed by atoms with Crippen molar-refractivity contribution < 1.29 is 13.9 Å². The van der Waals surface area contributed by atoms with E-state index in [-0.39, 0.29) is 5.91 Å². The Bertz CT molecular complexity index is 1340. The van der Waals surface area contributed by atoms with Crippen LogP contribution in [-0.2, 0) is 11.2 Å². The van der Waals surface area contributed by atoms with Crippen molar-refractivity contribution in [1.82, 2.24) is 0 Å². The first-order valence-corrected chi connectivity index (χ1v) is 11.7. The van der Waals surface area contributed by atoms with Crippen molar-refractivity contribution in [1.29, 1.82) is 0 Å². The number of fused-ring (bicyclic) bond motifs is 1. The summed E-state index contributed by atoms with van der Waals surface area (Å²) in [4.78, 5) is 12.8. The lowest BCUT2D eigenvalue weighted by atomic mass is 9.96. The molecule has 1 heterocycles. The molecular weight excluding hydrogens is 422 g/mol. The maximum Gasteiger partial charge on any atom is 0.248 e. The van der Waals surface area contributed by atoms with E-state index in [4.69, 9.17) is 9.15 Å². The van der Waals surface area contributed by atoms with Crippen LogP contribution >= 0.6 is 0 Å². The first kappa shape index (κ1) is 23.4. The van der Waals surface area contributed by atoms with E-state index in [9.17, 15) is 4.79 Å². The maximum atomic E-state index is 12.8. The monoisotopic (exact) mass is 453 g/mol. The predicted molar refractivity (Wildman–Crippen MR) is 140 cm³/mol. The molecule has 0 unspecified atom stereocenters. The number of rotatable bonds is 7. The van der Waals surface area contributed by atoms with Crippen LogP contribution in [0.3, 0.4) is 0 Å². The number of benzene rings is 3. The van der Waals surface area contributed by atoms with Crippen molar-refractivity contribution in [3.05, 3.63) is 89.2 Å². The van der Waals surface area contributed by atoms with E-state index < -0.39 is 0 Å². The molecule has 0 saturated heterocycles. The summed E-state index contributed by atoms with van der Waals surface area (Å²) in [6.45, 7) is 10.6. The molecule has 0 atom stereocenters. The molecule has 4 heteroatoms. The Labute approximate surface area is 201 Å². The van der Waals surface area contributed by atoms with Crippen LogP contribution < -0.4 is 10.1 Å². The van der Waals surface area contributed by atoms with Gasteiger partial charge < -0.3 is 14.5 Å². The fourth-order valence-corrected chi connectivity index (χ4v) is 4.17.